The summed E-state index contributed by atoms with van der Waals surface area (Å²) < 4.78 is 5.10. The molecule has 0 aliphatic carbocycles. The molecule has 2 heterocycles. The highest BCUT2D eigenvalue weighted by Gasteiger charge is 2.14. The van der Waals surface area contributed by atoms with Crippen LogP contribution in [0, 0.1) is 20.8 Å². The molecule has 0 unspecified atom stereocenters. The summed E-state index contributed by atoms with van der Waals surface area (Å²) in [4.78, 5) is 20.5. The highest BCUT2D eigenvalue weighted by Crippen LogP contribution is 2.19. The highest BCUT2D eigenvalue weighted by molar-refractivity contribution is 5.92. The first-order valence-electron chi connectivity index (χ1n) is 7.43. The molecule has 0 atom stereocenters. The number of hydrazine groups is 1. The van der Waals surface area contributed by atoms with Gasteiger partial charge in [-0.05, 0) is 26.8 Å². The van der Waals surface area contributed by atoms with Gasteiger partial charge in [0.25, 0.3) is 0 Å². The number of hydrogen-bond donors (Lipinski definition) is 2. The fraction of sp³-hybridized carbons (Fsp3) is 0.176. The van der Waals surface area contributed by atoms with Gasteiger partial charge in [-0.25, -0.2) is 9.97 Å². The largest absolute Gasteiger partial charge is 0.350 e. The number of carbonyl (C=O) groups is 1. The van der Waals surface area contributed by atoms with E-state index < -0.39 is 5.91 Å². The van der Waals surface area contributed by atoms with Crippen LogP contribution in [0.5, 0.6) is 0 Å². The molecule has 2 N–H and O–H groups in total. The molecule has 7 heteroatoms. The maximum absolute atomic E-state index is 12.1. The summed E-state index contributed by atoms with van der Waals surface area (Å²) in [7, 11) is 0. The summed E-state index contributed by atoms with van der Waals surface area (Å²) in [6, 6.07) is 11.2. The quantitative estimate of drug-likeness (QED) is 0.717. The minimum Gasteiger partial charge on any atom is -0.350 e. The second kappa shape index (κ2) is 6.49. The van der Waals surface area contributed by atoms with Gasteiger partial charge in [-0.1, -0.05) is 35.0 Å². The molecule has 1 amide bonds. The average molecular weight is 323 g/mol. The summed E-state index contributed by atoms with van der Waals surface area (Å²) >= 11 is 0. The van der Waals surface area contributed by atoms with Crippen molar-refractivity contribution in [3.63, 3.8) is 0 Å². The van der Waals surface area contributed by atoms with Gasteiger partial charge >= 0.3 is 5.91 Å². The lowest BCUT2D eigenvalue weighted by Gasteiger charge is -2.06. The third kappa shape index (κ3) is 3.57. The number of nitrogens with one attached hydrogen (secondary N) is 2. The van der Waals surface area contributed by atoms with Crippen molar-refractivity contribution in [2.75, 3.05) is 5.43 Å². The summed E-state index contributed by atoms with van der Waals surface area (Å²) in [6.07, 6.45) is 0. The zero-order valence-electron chi connectivity index (χ0n) is 13.6. The Kier molecular flexibility index (Phi) is 4.24. The lowest BCUT2D eigenvalue weighted by molar-refractivity contribution is 0.0925. The lowest BCUT2D eigenvalue weighted by atomic mass is 10.1. The molecule has 0 aliphatic rings. The second-order valence-corrected chi connectivity index (χ2v) is 5.50. The molecule has 1 aromatic carbocycles. The van der Waals surface area contributed by atoms with E-state index in [1.807, 2.05) is 51.1 Å². The Morgan fingerprint density at radius 1 is 1.00 bits per heavy atom. The number of aryl methyl sites for hydroxylation is 3. The average Bonchev–Trinajstić information content (AvgIpc) is 3.02. The van der Waals surface area contributed by atoms with Crippen LogP contribution in [0.15, 0.2) is 40.9 Å². The van der Waals surface area contributed by atoms with Gasteiger partial charge in [0.05, 0.1) is 0 Å². The number of aromatic nitrogens is 3. The number of nitrogens with zero attached hydrogens (tertiary/aromatic N) is 3. The molecule has 0 saturated heterocycles. The number of amides is 1. The Bertz CT molecular complexity index is 851. The number of anilines is 1. The molecular formula is C17H17N5O2. The monoisotopic (exact) mass is 323 g/mol. The topological polar surface area (TPSA) is 92.9 Å². The first kappa shape index (κ1) is 15.7. The maximum Gasteiger partial charge on any atom is 0.308 e. The zero-order chi connectivity index (χ0) is 17.1. The van der Waals surface area contributed by atoms with Crippen molar-refractivity contribution >= 4 is 11.9 Å². The highest BCUT2D eigenvalue weighted by atomic mass is 16.5. The second-order valence-electron chi connectivity index (χ2n) is 5.50. The third-order valence-electron chi connectivity index (χ3n) is 3.35. The summed E-state index contributed by atoms with van der Waals surface area (Å²) in [5.74, 6) is -0.0369. The molecule has 2 aromatic heterocycles. The molecule has 0 radical (unpaired) electrons. The van der Waals surface area contributed by atoms with E-state index in [1.165, 1.54) is 0 Å². The zero-order valence-corrected chi connectivity index (χ0v) is 13.6. The van der Waals surface area contributed by atoms with Crippen LogP contribution < -0.4 is 10.9 Å². The van der Waals surface area contributed by atoms with Gasteiger partial charge in [0, 0.05) is 23.0 Å². The minimum absolute atomic E-state index is 0.0995. The molecule has 0 bridgehead atoms. The van der Waals surface area contributed by atoms with E-state index in [2.05, 4.69) is 26.0 Å². The van der Waals surface area contributed by atoms with Crippen LogP contribution in [-0.4, -0.2) is 21.0 Å². The Balaban J connectivity index is 1.68. The Labute approximate surface area is 139 Å². The predicted octanol–water partition coefficient (Wildman–Crippen LogP) is 2.81. The van der Waals surface area contributed by atoms with Crippen LogP contribution in [0.3, 0.4) is 0 Å². The van der Waals surface area contributed by atoms with Gasteiger partial charge in [-0.2, -0.15) is 0 Å². The Morgan fingerprint density at radius 2 is 1.67 bits per heavy atom. The van der Waals surface area contributed by atoms with E-state index in [0.717, 1.165) is 22.5 Å². The molecule has 3 rings (SSSR count). The number of carbonyl (C=O) groups excluding carboxylic acids is 1. The predicted molar refractivity (Wildman–Crippen MR) is 89.3 cm³/mol. The molecule has 0 saturated carbocycles. The van der Waals surface area contributed by atoms with Crippen LogP contribution in [0.2, 0.25) is 0 Å². The maximum atomic E-state index is 12.1. The van der Waals surface area contributed by atoms with Crippen molar-refractivity contribution in [2.24, 2.45) is 0 Å². The van der Waals surface area contributed by atoms with Crippen LogP contribution in [0.25, 0.3) is 11.3 Å². The number of rotatable bonds is 4. The SMILES string of the molecule is Cc1ccc(-c2cc(C(=O)NNc3nc(C)cc(C)n3)on2)cc1. The Morgan fingerprint density at radius 3 is 2.33 bits per heavy atom. The fourth-order valence-corrected chi connectivity index (χ4v) is 2.20. The van der Waals surface area contributed by atoms with E-state index >= 15 is 0 Å². The molecule has 24 heavy (non-hydrogen) atoms. The summed E-state index contributed by atoms with van der Waals surface area (Å²) in [5, 5.41) is 3.93. The lowest BCUT2D eigenvalue weighted by Crippen LogP contribution is -2.30. The first-order valence-corrected chi connectivity index (χ1v) is 7.43. The van der Waals surface area contributed by atoms with Gasteiger partial charge in [0.2, 0.25) is 11.7 Å². The van der Waals surface area contributed by atoms with E-state index in [4.69, 9.17) is 4.52 Å². The van der Waals surface area contributed by atoms with Crippen molar-refractivity contribution in [2.45, 2.75) is 20.8 Å². The van der Waals surface area contributed by atoms with Crippen LogP contribution in [0.1, 0.15) is 27.5 Å². The van der Waals surface area contributed by atoms with Crippen molar-refractivity contribution in [1.82, 2.24) is 20.6 Å². The first-order chi connectivity index (χ1) is 11.5. The van der Waals surface area contributed by atoms with Crippen molar-refractivity contribution in [3.05, 3.63) is 59.1 Å². The van der Waals surface area contributed by atoms with Gasteiger partial charge in [0.15, 0.2) is 0 Å². The van der Waals surface area contributed by atoms with E-state index in [1.54, 1.807) is 6.07 Å². The minimum atomic E-state index is -0.455. The normalized spacial score (nSPS) is 10.5. The molecule has 122 valence electrons. The van der Waals surface area contributed by atoms with E-state index in [9.17, 15) is 4.79 Å². The van der Waals surface area contributed by atoms with Gasteiger partial charge in [0.1, 0.15) is 5.69 Å². The van der Waals surface area contributed by atoms with Crippen molar-refractivity contribution in [3.8, 4) is 11.3 Å². The molecule has 3 aromatic rings. The Hall–Kier alpha value is -3.22. The van der Waals surface area contributed by atoms with Crippen LogP contribution >= 0.6 is 0 Å². The van der Waals surface area contributed by atoms with Crippen LogP contribution in [0.4, 0.5) is 5.95 Å². The molecular weight excluding hydrogens is 306 g/mol. The molecule has 0 fully saturated rings. The van der Waals surface area contributed by atoms with Crippen molar-refractivity contribution in [1.29, 1.82) is 0 Å². The molecule has 7 nitrogen and oxygen atoms in total. The standard InChI is InChI=1S/C17H17N5O2/c1-10-4-6-13(7-5-10)14-9-15(24-22-14)16(23)20-21-17-18-11(2)8-12(3)19-17/h4-9H,1-3H3,(H,20,23)(H,18,19,21). The van der Waals surface area contributed by atoms with Crippen LogP contribution in [-0.2, 0) is 0 Å². The van der Waals surface area contributed by atoms with Gasteiger partial charge in [-0.3, -0.25) is 15.6 Å². The molecule has 0 aliphatic heterocycles. The van der Waals surface area contributed by atoms with Gasteiger partial charge in [-0.15, -0.1) is 0 Å². The summed E-state index contributed by atoms with van der Waals surface area (Å²) in [5.41, 5.74) is 9.41. The van der Waals surface area contributed by atoms with E-state index in [0.29, 0.717) is 11.6 Å². The smallest absolute Gasteiger partial charge is 0.308 e. The van der Waals surface area contributed by atoms with Crippen molar-refractivity contribution < 1.29 is 9.32 Å². The molecule has 0 spiro atoms. The fourth-order valence-electron chi connectivity index (χ4n) is 2.20. The summed E-state index contributed by atoms with van der Waals surface area (Å²) in [6.45, 7) is 5.71. The third-order valence-corrected chi connectivity index (χ3v) is 3.35. The number of benzene rings is 1. The van der Waals surface area contributed by atoms with Gasteiger partial charge < -0.3 is 4.52 Å². The number of hydrogen-bond acceptors (Lipinski definition) is 6. The van der Waals surface area contributed by atoms with E-state index in [-0.39, 0.29) is 5.76 Å².